The molecule has 0 amide bonds. The molecule has 4 rings (SSSR count). The van der Waals surface area contributed by atoms with Crippen LogP contribution in [0.5, 0.6) is 0 Å². The Balaban J connectivity index is 1.88. The number of aromatic nitrogens is 4. The van der Waals surface area contributed by atoms with Crippen molar-refractivity contribution in [3.8, 4) is 11.4 Å². The Morgan fingerprint density at radius 2 is 2.16 bits per heavy atom. The molecule has 1 aliphatic rings. The number of benzene rings is 1. The van der Waals surface area contributed by atoms with Crippen LogP contribution < -0.4 is 5.32 Å². The second-order valence-corrected chi connectivity index (χ2v) is 4.72. The summed E-state index contributed by atoms with van der Waals surface area (Å²) in [5.41, 5.74) is 3.86. The average Bonchev–Trinajstić information content (AvgIpc) is 2.91. The molecule has 1 aliphatic heterocycles. The first-order valence-electron chi connectivity index (χ1n) is 6.40. The van der Waals surface area contributed by atoms with Crippen LogP contribution in [-0.2, 0) is 13.0 Å². The van der Waals surface area contributed by atoms with E-state index in [0.717, 1.165) is 30.9 Å². The van der Waals surface area contributed by atoms with Crippen molar-refractivity contribution in [2.75, 3.05) is 6.54 Å². The molecule has 3 aromatic rings. The summed E-state index contributed by atoms with van der Waals surface area (Å²) in [5, 5.41) is 11.7. The fraction of sp³-hybridized carbons (Fsp3) is 0.214. The van der Waals surface area contributed by atoms with Crippen LogP contribution in [0.2, 0.25) is 0 Å². The van der Waals surface area contributed by atoms with Gasteiger partial charge in [-0.25, -0.2) is 4.98 Å². The summed E-state index contributed by atoms with van der Waals surface area (Å²) in [7, 11) is 0. The van der Waals surface area contributed by atoms with Gasteiger partial charge in [-0.2, -0.15) is 0 Å². The summed E-state index contributed by atoms with van der Waals surface area (Å²) >= 11 is 0. The Kier molecular flexibility index (Phi) is 2.31. The zero-order valence-electron chi connectivity index (χ0n) is 10.4. The Hall–Kier alpha value is -2.27. The molecule has 0 aliphatic carbocycles. The summed E-state index contributed by atoms with van der Waals surface area (Å²) in [5.74, 6) is 1.48. The minimum Gasteiger partial charge on any atom is -0.312 e. The van der Waals surface area contributed by atoms with Gasteiger partial charge in [0.15, 0.2) is 5.82 Å². The molecular weight excluding hydrogens is 238 g/mol. The number of nitrogens with one attached hydrogen (secondary N) is 1. The van der Waals surface area contributed by atoms with Gasteiger partial charge in [-0.3, -0.25) is 4.40 Å². The van der Waals surface area contributed by atoms with Gasteiger partial charge in [0.1, 0.15) is 0 Å². The van der Waals surface area contributed by atoms with Gasteiger partial charge in [0, 0.05) is 24.5 Å². The molecule has 0 atom stereocenters. The normalized spacial score (nSPS) is 14.5. The number of rotatable bonds is 1. The van der Waals surface area contributed by atoms with E-state index >= 15 is 0 Å². The van der Waals surface area contributed by atoms with Gasteiger partial charge >= 0.3 is 0 Å². The van der Waals surface area contributed by atoms with Crippen LogP contribution in [0.4, 0.5) is 0 Å². The van der Waals surface area contributed by atoms with Crippen LogP contribution in [0, 0.1) is 0 Å². The Labute approximate surface area is 110 Å². The molecule has 2 aromatic heterocycles. The van der Waals surface area contributed by atoms with Crippen LogP contribution in [-0.4, -0.2) is 26.1 Å². The monoisotopic (exact) mass is 251 g/mol. The number of fused-ring (bicyclic) bond motifs is 2. The van der Waals surface area contributed by atoms with Gasteiger partial charge in [-0.15, -0.1) is 10.2 Å². The van der Waals surface area contributed by atoms with E-state index in [-0.39, 0.29) is 0 Å². The first kappa shape index (κ1) is 10.6. The predicted molar refractivity (Wildman–Crippen MR) is 71.6 cm³/mol. The lowest BCUT2D eigenvalue weighted by Crippen LogP contribution is -2.23. The second kappa shape index (κ2) is 4.13. The molecule has 1 N–H and O–H groups in total. The average molecular weight is 251 g/mol. The van der Waals surface area contributed by atoms with Crippen LogP contribution in [0.15, 0.2) is 36.7 Å². The Bertz CT molecular complexity index is 746. The SMILES string of the molecule is c1cnc2nnc(-c3ccc4c(c3)CNCC4)n2c1. The second-order valence-electron chi connectivity index (χ2n) is 4.72. The van der Waals surface area contributed by atoms with Crippen LogP contribution >= 0.6 is 0 Å². The zero-order valence-corrected chi connectivity index (χ0v) is 10.4. The van der Waals surface area contributed by atoms with E-state index in [9.17, 15) is 0 Å². The maximum atomic E-state index is 4.24. The van der Waals surface area contributed by atoms with E-state index in [1.807, 2.05) is 16.7 Å². The standard InChI is InChI=1S/C14H13N5/c1-5-16-14-18-17-13(19(14)7-1)11-3-2-10-4-6-15-9-12(10)8-11/h1-3,5,7-8,15H,4,6,9H2. The van der Waals surface area contributed by atoms with Gasteiger partial charge in [0.25, 0.3) is 5.78 Å². The first-order valence-corrected chi connectivity index (χ1v) is 6.40. The molecule has 5 heteroatoms. The molecule has 0 spiro atoms. The van der Waals surface area contributed by atoms with Gasteiger partial charge in [0.2, 0.25) is 0 Å². The van der Waals surface area contributed by atoms with E-state index in [2.05, 4.69) is 38.7 Å². The molecule has 5 nitrogen and oxygen atoms in total. The molecule has 0 saturated carbocycles. The van der Waals surface area contributed by atoms with Gasteiger partial charge < -0.3 is 5.32 Å². The minimum absolute atomic E-state index is 0.633. The van der Waals surface area contributed by atoms with E-state index in [1.54, 1.807) is 6.20 Å². The molecule has 0 bridgehead atoms. The maximum absolute atomic E-state index is 4.24. The van der Waals surface area contributed by atoms with Crippen molar-refractivity contribution in [2.45, 2.75) is 13.0 Å². The fourth-order valence-corrected chi connectivity index (χ4v) is 2.56. The molecule has 0 saturated heterocycles. The molecule has 0 unspecified atom stereocenters. The van der Waals surface area contributed by atoms with Crippen molar-refractivity contribution in [1.82, 2.24) is 24.9 Å². The predicted octanol–water partition coefficient (Wildman–Crippen LogP) is 1.44. The van der Waals surface area contributed by atoms with Gasteiger partial charge in [-0.1, -0.05) is 12.1 Å². The largest absolute Gasteiger partial charge is 0.312 e. The van der Waals surface area contributed by atoms with Crippen molar-refractivity contribution < 1.29 is 0 Å². The fourth-order valence-electron chi connectivity index (χ4n) is 2.56. The highest BCUT2D eigenvalue weighted by Crippen LogP contribution is 2.23. The highest BCUT2D eigenvalue weighted by molar-refractivity contribution is 5.60. The molecule has 1 aromatic carbocycles. The number of nitrogens with zero attached hydrogens (tertiary/aromatic N) is 4. The quantitative estimate of drug-likeness (QED) is 0.711. The lowest BCUT2D eigenvalue weighted by Gasteiger charge is -2.17. The first-order chi connectivity index (χ1) is 9.42. The summed E-state index contributed by atoms with van der Waals surface area (Å²) in [4.78, 5) is 4.19. The van der Waals surface area contributed by atoms with Crippen molar-refractivity contribution in [3.05, 3.63) is 47.8 Å². The highest BCUT2D eigenvalue weighted by atomic mass is 15.3. The lowest BCUT2D eigenvalue weighted by molar-refractivity contribution is 0.644. The van der Waals surface area contributed by atoms with Crippen LogP contribution in [0.1, 0.15) is 11.1 Å². The van der Waals surface area contributed by atoms with E-state index in [4.69, 9.17) is 0 Å². The lowest BCUT2D eigenvalue weighted by atomic mass is 9.98. The Morgan fingerprint density at radius 3 is 3.16 bits per heavy atom. The summed E-state index contributed by atoms with van der Waals surface area (Å²) in [6, 6.07) is 8.40. The van der Waals surface area contributed by atoms with Crippen molar-refractivity contribution >= 4 is 5.78 Å². The summed E-state index contributed by atoms with van der Waals surface area (Å²) in [6.45, 7) is 1.99. The minimum atomic E-state index is 0.633. The van der Waals surface area contributed by atoms with E-state index < -0.39 is 0 Å². The third-order valence-electron chi connectivity index (χ3n) is 3.54. The highest BCUT2D eigenvalue weighted by Gasteiger charge is 2.13. The summed E-state index contributed by atoms with van der Waals surface area (Å²) < 4.78 is 1.91. The van der Waals surface area contributed by atoms with Crippen LogP contribution in [0.25, 0.3) is 17.2 Å². The number of hydrogen-bond donors (Lipinski definition) is 1. The Morgan fingerprint density at radius 1 is 1.16 bits per heavy atom. The molecule has 0 radical (unpaired) electrons. The number of hydrogen-bond acceptors (Lipinski definition) is 4. The molecule has 0 fully saturated rings. The topological polar surface area (TPSA) is 55.1 Å². The van der Waals surface area contributed by atoms with Crippen molar-refractivity contribution in [2.24, 2.45) is 0 Å². The zero-order chi connectivity index (χ0) is 12.7. The third-order valence-corrected chi connectivity index (χ3v) is 3.54. The summed E-state index contributed by atoms with van der Waals surface area (Å²) in [6.07, 6.45) is 4.76. The molecule has 19 heavy (non-hydrogen) atoms. The third kappa shape index (κ3) is 1.70. The smallest absolute Gasteiger partial charge is 0.255 e. The van der Waals surface area contributed by atoms with Gasteiger partial charge in [-0.05, 0) is 36.2 Å². The molecule has 94 valence electrons. The van der Waals surface area contributed by atoms with Crippen molar-refractivity contribution in [1.29, 1.82) is 0 Å². The molecular formula is C14H13N5. The maximum Gasteiger partial charge on any atom is 0.255 e. The van der Waals surface area contributed by atoms with E-state index in [0.29, 0.717) is 5.78 Å². The van der Waals surface area contributed by atoms with Gasteiger partial charge in [0.05, 0.1) is 0 Å². The molecule has 3 heterocycles. The van der Waals surface area contributed by atoms with Crippen molar-refractivity contribution in [3.63, 3.8) is 0 Å². The van der Waals surface area contributed by atoms with Crippen LogP contribution in [0.3, 0.4) is 0 Å². The van der Waals surface area contributed by atoms with E-state index in [1.165, 1.54) is 11.1 Å².